The Labute approximate surface area is 164 Å². The summed E-state index contributed by atoms with van der Waals surface area (Å²) in [6, 6.07) is 14.4. The van der Waals surface area contributed by atoms with E-state index in [0.29, 0.717) is 18.2 Å². The lowest BCUT2D eigenvalue weighted by atomic mass is 10.1. The number of alkyl halides is 1. The van der Waals surface area contributed by atoms with Crippen molar-refractivity contribution in [1.82, 2.24) is 5.43 Å². The van der Waals surface area contributed by atoms with Crippen LogP contribution in [0.1, 0.15) is 36.7 Å². The van der Waals surface area contributed by atoms with Crippen LogP contribution in [0.2, 0.25) is 0 Å². The fourth-order valence-electron chi connectivity index (χ4n) is 1.59. The Morgan fingerprint density at radius 2 is 1.69 bits per heavy atom. The smallest absolute Gasteiger partial charge is 0.252 e. The van der Waals surface area contributed by atoms with Crippen LogP contribution in [0.3, 0.4) is 0 Å². The summed E-state index contributed by atoms with van der Waals surface area (Å²) >= 11 is 10.8. The Morgan fingerprint density at radius 3 is 2.15 bits per heavy atom. The highest BCUT2D eigenvalue weighted by Crippen LogP contribution is 2.32. The number of hydrogen-bond donors (Lipinski definition) is 2. The number of carbonyl (C=O) groups is 1. The van der Waals surface area contributed by atoms with E-state index in [0.717, 1.165) is 17.1 Å². The van der Waals surface area contributed by atoms with Crippen molar-refractivity contribution in [3.05, 3.63) is 59.7 Å². The SMILES string of the molecule is CC(C)(C)NN.ClCc1ccc2c(c1)OCO2.O=C(Cl)c1ccccc1. The van der Waals surface area contributed by atoms with Crippen LogP contribution in [0.5, 0.6) is 11.5 Å². The van der Waals surface area contributed by atoms with Gasteiger partial charge in [0.1, 0.15) is 0 Å². The second-order valence-electron chi connectivity index (χ2n) is 6.36. The van der Waals surface area contributed by atoms with Gasteiger partial charge in [-0.05, 0) is 50.1 Å². The molecule has 1 aliphatic rings. The summed E-state index contributed by atoms with van der Waals surface area (Å²) in [4.78, 5) is 10.4. The second kappa shape index (κ2) is 11.0. The molecule has 2 aromatic rings. The van der Waals surface area contributed by atoms with E-state index in [2.05, 4.69) is 5.43 Å². The van der Waals surface area contributed by atoms with Crippen molar-refractivity contribution in [2.24, 2.45) is 5.84 Å². The van der Waals surface area contributed by atoms with E-state index in [4.69, 9.17) is 38.5 Å². The first-order valence-corrected chi connectivity index (χ1v) is 8.85. The third-order valence-electron chi connectivity index (χ3n) is 3.03. The first kappa shape index (κ1) is 22.3. The highest BCUT2D eigenvalue weighted by molar-refractivity contribution is 6.67. The number of nitrogens with two attached hydrogens (primary N) is 1. The van der Waals surface area contributed by atoms with Gasteiger partial charge in [0.2, 0.25) is 6.79 Å². The number of nitrogens with one attached hydrogen (secondary N) is 1. The van der Waals surface area contributed by atoms with E-state index in [9.17, 15) is 4.79 Å². The maximum absolute atomic E-state index is 10.4. The number of hydrogen-bond acceptors (Lipinski definition) is 5. The molecule has 0 saturated carbocycles. The quantitative estimate of drug-likeness (QED) is 0.337. The summed E-state index contributed by atoms with van der Waals surface area (Å²) in [6.45, 7) is 6.34. The molecule has 0 atom stereocenters. The molecule has 3 N–H and O–H groups in total. The van der Waals surface area contributed by atoms with Crippen LogP contribution in [0.25, 0.3) is 0 Å². The highest BCUT2D eigenvalue weighted by Gasteiger charge is 2.12. The Hall–Kier alpha value is -1.79. The summed E-state index contributed by atoms with van der Waals surface area (Å²) in [7, 11) is 0. The summed E-state index contributed by atoms with van der Waals surface area (Å²) < 4.78 is 10.3. The minimum Gasteiger partial charge on any atom is -0.454 e. The normalized spacial score (nSPS) is 11.6. The van der Waals surface area contributed by atoms with E-state index < -0.39 is 5.24 Å². The summed E-state index contributed by atoms with van der Waals surface area (Å²) in [5.74, 6) is 7.17. The molecule has 1 heterocycles. The largest absolute Gasteiger partial charge is 0.454 e. The maximum atomic E-state index is 10.4. The highest BCUT2D eigenvalue weighted by atomic mass is 35.5. The van der Waals surface area contributed by atoms with Gasteiger partial charge in [0.25, 0.3) is 5.24 Å². The van der Waals surface area contributed by atoms with Gasteiger partial charge in [0.15, 0.2) is 11.5 Å². The molecule has 0 fully saturated rings. The fraction of sp³-hybridized carbons (Fsp3) is 0.316. The van der Waals surface area contributed by atoms with Gasteiger partial charge in [0, 0.05) is 17.0 Å². The molecule has 0 amide bonds. The topological polar surface area (TPSA) is 73.6 Å². The van der Waals surface area contributed by atoms with Gasteiger partial charge in [-0.1, -0.05) is 36.4 Å². The molecule has 0 saturated heterocycles. The van der Waals surface area contributed by atoms with Crippen molar-refractivity contribution < 1.29 is 14.3 Å². The van der Waals surface area contributed by atoms with Crippen LogP contribution in [-0.2, 0) is 5.88 Å². The minimum absolute atomic E-state index is 0.0694. The molecule has 0 aromatic heterocycles. The minimum atomic E-state index is -0.407. The zero-order chi connectivity index (χ0) is 19.6. The van der Waals surface area contributed by atoms with Crippen molar-refractivity contribution in [2.75, 3.05) is 6.79 Å². The molecule has 1 aliphatic heterocycles. The molecule has 0 aliphatic carbocycles. The van der Waals surface area contributed by atoms with Crippen LogP contribution < -0.4 is 20.7 Å². The molecule has 3 rings (SSSR count). The third-order valence-corrected chi connectivity index (χ3v) is 3.55. The van der Waals surface area contributed by atoms with Gasteiger partial charge < -0.3 is 9.47 Å². The van der Waals surface area contributed by atoms with Crippen molar-refractivity contribution in [2.45, 2.75) is 32.2 Å². The summed E-state index contributed by atoms with van der Waals surface area (Å²) in [5.41, 5.74) is 4.27. The predicted octanol–water partition coefficient (Wildman–Crippen LogP) is 4.47. The molecular formula is C19H24Cl2N2O3. The monoisotopic (exact) mass is 398 g/mol. The average Bonchev–Trinajstić information content (AvgIpc) is 3.10. The fourth-order valence-corrected chi connectivity index (χ4v) is 1.89. The third kappa shape index (κ3) is 8.54. The van der Waals surface area contributed by atoms with Gasteiger partial charge in [-0.3, -0.25) is 16.1 Å². The van der Waals surface area contributed by atoms with Crippen LogP contribution >= 0.6 is 23.2 Å². The van der Waals surface area contributed by atoms with E-state index in [1.807, 2.05) is 45.0 Å². The van der Waals surface area contributed by atoms with E-state index in [1.165, 1.54) is 0 Å². The predicted molar refractivity (Wildman–Crippen MR) is 106 cm³/mol. The van der Waals surface area contributed by atoms with Gasteiger partial charge in [0.05, 0.1) is 0 Å². The van der Waals surface area contributed by atoms with Crippen molar-refractivity contribution in [1.29, 1.82) is 0 Å². The van der Waals surface area contributed by atoms with E-state index in [1.54, 1.807) is 24.3 Å². The number of ether oxygens (including phenoxy) is 2. The first-order chi connectivity index (χ1) is 12.3. The lowest BCUT2D eigenvalue weighted by Gasteiger charge is -2.14. The number of rotatable bonds is 2. The molecule has 0 spiro atoms. The van der Waals surface area contributed by atoms with Gasteiger partial charge >= 0.3 is 0 Å². The molecule has 0 bridgehead atoms. The summed E-state index contributed by atoms with van der Waals surface area (Å²) in [6.07, 6.45) is 0. The van der Waals surface area contributed by atoms with E-state index in [-0.39, 0.29) is 5.54 Å². The molecule has 2 aromatic carbocycles. The standard InChI is InChI=1S/C8H7ClO2.C7H5ClO.C4H12N2/c9-4-6-1-2-7-8(3-6)11-5-10-7;8-7(9)6-4-2-1-3-5-6;1-4(2,3)6-5/h1-3H,4-5H2;1-5H;6H,5H2,1-3H3. The van der Waals surface area contributed by atoms with Gasteiger partial charge in [-0.25, -0.2) is 0 Å². The summed E-state index contributed by atoms with van der Waals surface area (Å²) in [5, 5.41) is -0.407. The molecule has 26 heavy (non-hydrogen) atoms. The Balaban J connectivity index is 0.000000205. The number of carbonyl (C=O) groups excluding carboxylic acids is 1. The maximum Gasteiger partial charge on any atom is 0.252 e. The lowest BCUT2D eigenvalue weighted by molar-refractivity contribution is 0.108. The van der Waals surface area contributed by atoms with Crippen LogP contribution in [-0.4, -0.2) is 17.6 Å². The molecule has 7 heteroatoms. The number of fused-ring (bicyclic) bond motifs is 1. The molecule has 5 nitrogen and oxygen atoms in total. The average molecular weight is 399 g/mol. The Bertz CT molecular complexity index is 689. The lowest BCUT2D eigenvalue weighted by Crippen LogP contribution is -2.41. The van der Waals surface area contributed by atoms with Crippen molar-refractivity contribution >= 4 is 28.4 Å². The number of halogens is 2. The van der Waals surface area contributed by atoms with Gasteiger partial charge in [-0.15, -0.1) is 11.6 Å². The molecule has 142 valence electrons. The van der Waals surface area contributed by atoms with E-state index >= 15 is 0 Å². The molecule has 0 radical (unpaired) electrons. The first-order valence-electron chi connectivity index (χ1n) is 7.94. The molecular weight excluding hydrogens is 375 g/mol. The Kier molecular flexibility index (Phi) is 9.44. The Morgan fingerprint density at radius 1 is 1.12 bits per heavy atom. The van der Waals surface area contributed by atoms with Crippen molar-refractivity contribution in [3.63, 3.8) is 0 Å². The number of benzene rings is 2. The van der Waals surface area contributed by atoms with Crippen LogP contribution in [0.4, 0.5) is 0 Å². The van der Waals surface area contributed by atoms with Crippen molar-refractivity contribution in [3.8, 4) is 11.5 Å². The number of hydrazine groups is 1. The zero-order valence-corrected chi connectivity index (χ0v) is 16.6. The van der Waals surface area contributed by atoms with Crippen LogP contribution in [0, 0.1) is 0 Å². The zero-order valence-electron chi connectivity index (χ0n) is 15.1. The van der Waals surface area contributed by atoms with Gasteiger partial charge in [-0.2, -0.15) is 0 Å². The molecule has 0 unspecified atom stereocenters. The van der Waals surface area contributed by atoms with Crippen LogP contribution in [0.15, 0.2) is 48.5 Å². The second-order valence-corrected chi connectivity index (χ2v) is 6.97.